The summed E-state index contributed by atoms with van der Waals surface area (Å²) in [6.07, 6.45) is 3.28. The van der Waals surface area contributed by atoms with Crippen molar-refractivity contribution in [1.82, 2.24) is 5.43 Å². The Labute approximate surface area is 170 Å². The highest BCUT2D eigenvalue weighted by atomic mass is 16.2. The first-order valence-electron chi connectivity index (χ1n) is 9.46. The maximum atomic E-state index is 12.4. The number of amides is 2. The molecule has 29 heavy (non-hydrogen) atoms. The first-order chi connectivity index (χ1) is 14.1. The lowest BCUT2D eigenvalue weighted by molar-refractivity contribution is 0.0953. The van der Waals surface area contributed by atoms with Crippen molar-refractivity contribution in [2.24, 2.45) is 5.10 Å². The van der Waals surface area contributed by atoms with Gasteiger partial charge < -0.3 is 5.32 Å². The van der Waals surface area contributed by atoms with Gasteiger partial charge in [-0.1, -0.05) is 54.6 Å². The van der Waals surface area contributed by atoms with Gasteiger partial charge in [0.2, 0.25) is 0 Å². The molecule has 0 saturated heterocycles. The zero-order valence-electron chi connectivity index (χ0n) is 16.3. The molecule has 0 heterocycles. The lowest BCUT2D eigenvalue weighted by Gasteiger charge is -2.08. The summed E-state index contributed by atoms with van der Waals surface area (Å²) in [7, 11) is 0. The van der Waals surface area contributed by atoms with Gasteiger partial charge in [0.25, 0.3) is 11.8 Å². The standard InChI is InChI=1S/C24H23N3O2/c1-18-9-5-6-15-22(18)24(29)26-21-14-7-13-20(17-21)23(28)27-25-16-8-12-19-10-3-2-4-11-19/h2-7,9-11,13-17H,8,12H2,1H3,(H,26,29)(H,27,28)/b25-16-. The molecular formula is C24H23N3O2. The Morgan fingerprint density at radius 3 is 2.45 bits per heavy atom. The van der Waals surface area contributed by atoms with Gasteiger partial charge in [-0.25, -0.2) is 5.43 Å². The van der Waals surface area contributed by atoms with E-state index in [1.165, 1.54) is 5.56 Å². The number of nitrogens with one attached hydrogen (secondary N) is 2. The molecule has 0 bridgehead atoms. The summed E-state index contributed by atoms with van der Waals surface area (Å²) < 4.78 is 0. The van der Waals surface area contributed by atoms with Crippen LogP contribution in [0.1, 0.15) is 38.3 Å². The minimum Gasteiger partial charge on any atom is -0.322 e. The summed E-state index contributed by atoms with van der Waals surface area (Å²) in [5.74, 6) is -0.535. The van der Waals surface area contributed by atoms with E-state index >= 15 is 0 Å². The molecule has 0 fully saturated rings. The van der Waals surface area contributed by atoms with Crippen molar-refractivity contribution in [2.45, 2.75) is 19.8 Å². The molecule has 3 aromatic carbocycles. The molecule has 0 aliphatic carbocycles. The SMILES string of the molecule is Cc1ccccc1C(=O)Nc1cccc(C(=O)N/N=C\CCc2ccccc2)c1. The Bertz CT molecular complexity index is 1010. The van der Waals surface area contributed by atoms with Gasteiger partial charge in [0, 0.05) is 23.0 Å². The Balaban J connectivity index is 1.54. The van der Waals surface area contributed by atoms with Crippen LogP contribution in [0.2, 0.25) is 0 Å². The minimum absolute atomic E-state index is 0.209. The number of carbonyl (C=O) groups is 2. The fraction of sp³-hybridized carbons (Fsp3) is 0.125. The van der Waals surface area contributed by atoms with E-state index in [-0.39, 0.29) is 11.8 Å². The van der Waals surface area contributed by atoms with Crippen LogP contribution in [0.5, 0.6) is 0 Å². The molecule has 0 spiro atoms. The van der Waals surface area contributed by atoms with Crippen molar-refractivity contribution in [2.75, 3.05) is 5.32 Å². The highest BCUT2D eigenvalue weighted by Gasteiger charge is 2.10. The first kappa shape index (κ1) is 20.0. The van der Waals surface area contributed by atoms with Crippen LogP contribution in [-0.4, -0.2) is 18.0 Å². The number of hydrogen-bond donors (Lipinski definition) is 2. The number of hydrogen-bond acceptors (Lipinski definition) is 3. The van der Waals surface area contributed by atoms with E-state index in [4.69, 9.17) is 0 Å². The molecule has 0 atom stereocenters. The summed E-state index contributed by atoms with van der Waals surface area (Å²) in [6.45, 7) is 1.88. The van der Waals surface area contributed by atoms with E-state index < -0.39 is 0 Å². The number of anilines is 1. The predicted molar refractivity (Wildman–Crippen MR) is 116 cm³/mol. The fourth-order valence-electron chi connectivity index (χ4n) is 2.87. The predicted octanol–water partition coefficient (Wildman–Crippen LogP) is 4.60. The molecule has 0 unspecified atom stereocenters. The Hall–Kier alpha value is -3.73. The van der Waals surface area contributed by atoms with Crippen LogP contribution < -0.4 is 10.7 Å². The summed E-state index contributed by atoms with van der Waals surface area (Å²) in [6, 6.07) is 24.2. The van der Waals surface area contributed by atoms with E-state index in [1.807, 2.05) is 43.3 Å². The average molecular weight is 385 g/mol. The number of hydrazone groups is 1. The van der Waals surface area contributed by atoms with Gasteiger partial charge in [0.15, 0.2) is 0 Å². The molecule has 0 aliphatic heterocycles. The zero-order chi connectivity index (χ0) is 20.5. The van der Waals surface area contributed by atoms with E-state index in [1.54, 1.807) is 36.5 Å². The summed E-state index contributed by atoms with van der Waals surface area (Å²) in [5.41, 5.74) is 6.22. The fourth-order valence-corrected chi connectivity index (χ4v) is 2.87. The van der Waals surface area contributed by atoms with Crippen LogP contribution in [0.15, 0.2) is 84.0 Å². The molecule has 0 aliphatic rings. The smallest absolute Gasteiger partial charge is 0.271 e. The highest BCUT2D eigenvalue weighted by Crippen LogP contribution is 2.14. The molecule has 2 amide bonds. The lowest BCUT2D eigenvalue weighted by atomic mass is 10.1. The molecule has 5 heteroatoms. The molecule has 2 N–H and O–H groups in total. The normalized spacial score (nSPS) is 10.7. The highest BCUT2D eigenvalue weighted by molar-refractivity contribution is 6.06. The van der Waals surface area contributed by atoms with E-state index in [0.717, 1.165) is 18.4 Å². The Kier molecular flexibility index (Phi) is 6.90. The van der Waals surface area contributed by atoms with Gasteiger partial charge in [-0.15, -0.1) is 0 Å². The second-order valence-electron chi connectivity index (χ2n) is 6.63. The van der Waals surface area contributed by atoms with Crippen LogP contribution in [0, 0.1) is 6.92 Å². The van der Waals surface area contributed by atoms with Crippen molar-refractivity contribution in [3.63, 3.8) is 0 Å². The van der Waals surface area contributed by atoms with Gasteiger partial charge in [0.05, 0.1) is 0 Å². The molecule has 0 aromatic heterocycles. The average Bonchev–Trinajstić information content (AvgIpc) is 2.74. The van der Waals surface area contributed by atoms with E-state index in [9.17, 15) is 9.59 Å². The number of benzene rings is 3. The van der Waals surface area contributed by atoms with Gasteiger partial charge >= 0.3 is 0 Å². The topological polar surface area (TPSA) is 70.6 Å². The lowest BCUT2D eigenvalue weighted by Crippen LogP contribution is -2.18. The summed E-state index contributed by atoms with van der Waals surface area (Å²) in [5, 5.41) is 6.83. The molecule has 0 radical (unpaired) electrons. The molecule has 3 rings (SSSR count). The van der Waals surface area contributed by atoms with Gasteiger partial charge in [-0.2, -0.15) is 5.10 Å². The molecule has 5 nitrogen and oxygen atoms in total. The van der Waals surface area contributed by atoms with Crippen molar-refractivity contribution < 1.29 is 9.59 Å². The van der Waals surface area contributed by atoms with Gasteiger partial charge in [-0.3, -0.25) is 9.59 Å². The number of carbonyl (C=O) groups excluding carboxylic acids is 2. The molecule has 3 aromatic rings. The summed E-state index contributed by atoms with van der Waals surface area (Å²) >= 11 is 0. The maximum Gasteiger partial charge on any atom is 0.271 e. The Morgan fingerprint density at radius 2 is 1.66 bits per heavy atom. The largest absolute Gasteiger partial charge is 0.322 e. The van der Waals surface area contributed by atoms with Crippen LogP contribution in [-0.2, 0) is 6.42 Å². The molecular weight excluding hydrogens is 362 g/mol. The molecule has 146 valence electrons. The number of nitrogens with zero attached hydrogens (tertiary/aromatic N) is 1. The third-order valence-electron chi connectivity index (χ3n) is 4.43. The molecule has 0 saturated carbocycles. The van der Waals surface area contributed by atoms with Crippen molar-refractivity contribution >= 4 is 23.7 Å². The van der Waals surface area contributed by atoms with Crippen molar-refractivity contribution in [1.29, 1.82) is 0 Å². The second kappa shape index (κ2) is 9.99. The van der Waals surface area contributed by atoms with Crippen LogP contribution in [0.25, 0.3) is 0 Å². The van der Waals surface area contributed by atoms with Crippen LogP contribution >= 0.6 is 0 Å². The van der Waals surface area contributed by atoms with Crippen molar-refractivity contribution in [3.05, 3.63) is 101 Å². The van der Waals surface area contributed by atoms with Crippen LogP contribution in [0.3, 0.4) is 0 Å². The first-order valence-corrected chi connectivity index (χ1v) is 9.46. The number of rotatable bonds is 7. The minimum atomic E-state index is -0.326. The summed E-state index contributed by atoms with van der Waals surface area (Å²) in [4.78, 5) is 24.7. The third kappa shape index (κ3) is 5.87. The quantitative estimate of drug-likeness (QED) is 0.461. The van der Waals surface area contributed by atoms with Crippen molar-refractivity contribution in [3.8, 4) is 0 Å². The van der Waals surface area contributed by atoms with E-state index in [2.05, 4.69) is 28.0 Å². The zero-order valence-corrected chi connectivity index (χ0v) is 16.3. The van der Waals surface area contributed by atoms with E-state index in [0.29, 0.717) is 16.8 Å². The van der Waals surface area contributed by atoms with Gasteiger partial charge in [0.1, 0.15) is 0 Å². The maximum absolute atomic E-state index is 12.4. The monoisotopic (exact) mass is 385 g/mol. The van der Waals surface area contributed by atoms with Gasteiger partial charge in [-0.05, 0) is 55.2 Å². The second-order valence-corrected chi connectivity index (χ2v) is 6.63. The third-order valence-corrected chi connectivity index (χ3v) is 4.43. The Morgan fingerprint density at radius 1 is 0.897 bits per heavy atom. The van der Waals surface area contributed by atoms with Crippen LogP contribution in [0.4, 0.5) is 5.69 Å². The number of aryl methyl sites for hydroxylation is 2.